The van der Waals surface area contributed by atoms with Crippen LogP contribution in [0.25, 0.3) is 20.9 Å². The standard InChI is InChI=1S/C39H53N7O2S/c1-26(2)10-6-7-11-28-17-21-32-31-20-16-29-24-39(43-45-41)38(42-44-40,25-37(29,5)33(31)22-23-36(28,32)4)34-12-8-9-13-35(34)46(39)49(47,48)30-18-14-27(3)15-19-30/h8-9,12-15,18-19,26,28-29,31-33H,6-7,10-11,16-17,20-25H2,1-5H3/t28-,29-,31-,32-,33+,36+,37-,38?,39?/m0/s1. The largest absolute Gasteiger partial charge is 0.264 e. The molecule has 262 valence electrons. The lowest BCUT2D eigenvalue weighted by Crippen LogP contribution is -2.66. The molecule has 0 aromatic heterocycles. The Morgan fingerprint density at radius 1 is 0.898 bits per heavy atom. The van der Waals surface area contributed by atoms with Gasteiger partial charge in [-0.3, -0.25) is 4.31 Å². The maximum absolute atomic E-state index is 14.8. The minimum Gasteiger partial charge on any atom is -0.253 e. The molecule has 0 amide bonds. The fourth-order valence-corrected chi connectivity index (χ4v) is 14.0. The SMILES string of the molecule is Cc1ccc(S(=O)(=O)N2c3ccccc3C3(N=[N+]=[N-])C[C@@]4(C)[C@@H](CC[C@@H]5[C@H]4CC[C@]4(C)[C@@H](CCCCC(C)C)CC[C@@H]54)CC23N=[N+]=[N-])cc1. The van der Waals surface area contributed by atoms with Gasteiger partial charge >= 0.3 is 0 Å². The van der Waals surface area contributed by atoms with Gasteiger partial charge in [-0.1, -0.05) is 93.1 Å². The highest BCUT2D eigenvalue weighted by Crippen LogP contribution is 2.74. The Labute approximate surface area is 292 Å². The summed E-state index contributed by atoms with van der Waals surface area (Å²) in [6.45, 7) is 11.6. The zero-order valence-electron chi connectivity index (χ0n) is 29.9. The van der Waals surface area contributed by atoms with Gasteiger partial charge in [0.15, 0.2) is 5.66 Å². The molecule has 0 saturated heterocycles. The van der Waals surface area contributed by atoms with Crippen LogP contribution in [0.1, 0.15) is 116 Å². The summed E-state index contributed by atoms with van der Waals surface area (Å²) in [5, 5.41) is 9.09. The van der Waals surface area contributed by atoms with E-state index < -0.39 is 21.2 Å². The molecule has 49 heavy (non-hydrogen) atoms. The predicted molar refractivity (Wildman–Crippen MR) is 194 cm³/mol. The molecule has 4 aliphatic carbocycles. The Morgan fingerprint density at radius 3 is 2.33 bits per heavy atom. The second kappa shape index (κ2) is 12.2. The predicted octanol–water partition coefficient (Wildman–Crippen LogP) is 11.2. The molecule has 2 aromatic carbocycles. The first-order chi connectivity index (χ1) is 23.4. The van der Waals surface area contributed by atoms with Crippen molar-refractivity contribution in [3.8, 4) is 0 Å². The normalized spacial score (nSPS) is 37.6. The number of fused-ring (bicyclic) bond motifs is 8. The van der Waals surface area contributed by atoms with Crippen LogP contribution in [0.5, 0.6) is 0 Å². The van der Waals surface area contributed by atoms with E-state index in [0.29, 0.717) is 47.3 Å². The van der Waals surface area contributed by atoms with Crippen LogP contribution in [0.15, 0.2) is 63.7 Å². The number of rotatable bonds is 9. The maximum Gasteiger partial charge on any atom is 0.264 e. The molecule has 2 unspecified atom stereocenters. The third-order valence-electron chi connectivity index (χ3n) is 14.6. The Bertz CT molecular complexity index is 1800. The van der Waals surface area contributed by atoms with Crippen LogP contribution < -0.4 is 4.31 Å². The van der Waals surface area contributed by atoms with Gasteiger partial charge in [-0.25, -0.2) is 8.42 Å². The average Bonchev–Trinajstić information content (AvgIpc) is 3.51. The Balaban J connectivity index is 1.29. The van der Waals surface area contributed by atoms with Crippen LogP contribution in [0.4, 0.5) is 5.69 Å². The van der Waals surface area contributed by atoms with Crippen LogP contribution in [-0.4, -0.2) is 14.1 Å². The lowest BCUT2D eigenvalue weighted by Gasteiger charge is -2.65. The summed E-state index contributed by atoms with van der Waals surface area (Å²) >= 11 is 0. The van der Waals surface area contributed by atoms with Gasteiger partial charge in [0.1, 0.15) is 5.54 Å². The molecule has 9 nitrogen and oxygen atoms in total. The number of anilines is 1. The van der Waals surface area contributed by atoms with Gasteiger partial charge in [-0.15, -0.1) is 0 Å². The molecule has 1 aliphatic heterocycles. The van der Waals surface area contributed by atoms with Gasteiger partial charge in [-0.05, 0) is 146 Å². The Kier molecular flexibility index (Phi) is 8.56. The highest BCUT2D eigenvalue weighted by molar-refractivity contribution is 7.93. The Hall–Kier alpha value is -3.19. The summed E-state index contributed by atoms with van der Waals surface area (Å²) in [6.07, 6.45) is 13.1. The zero-order chi connectivity index (χ0) is 34.8. The van der Waals surface area contributed by atoms with Crippen molar-refractivity contribution in [2.45, 2.75) is 128 Å². The van der Waals surface area contributed by atoms with Crippen molar-refractivity contribution in [1.29, 1.82) is 0 Å². The van der Waals surface area contributed by atoms with Gasteiger partial charge in [-0.2, -0.15) is 0 Å². The molecule has 0 N–H and O–H groups in total. The number of aryl methyl sites for hydroxylation is 1. The molecule has 0 spiro atoms. The van der Waals surface area contributed by atoms with Crippen molar-refractivity contribution < 1.29 is 8.42 Å². The summed E-state index contributed by atoms with van der Waals surface area (Å²) in [5.74, 6) is 3.39. The quantitative estimate of drug-likeness (QED) is 0.112. The molecule has 9 atom stereocenters. The summed E-state index contributed by atoms with van der Waals surface area (Å²) in [4.78, 5) is 6.91. The number of sulfonamides is 1. The fourth-order valence-electron chi connectivity index (χ4n) is 12.3. The van der Waals surface area contributed by atoms with Crippen LogP contribution in [0.3, 0.4) is 0 Å². The van der Waals surface area contributed by atoms with E-state index in [1.165, 1.54) is 49.3 Å². The summed E-state index contributed by atoms with van der Waals surface area (Å²) < 4.78 is 30.9. The second-order valence-electron chi connectivity index (χ2n) is 17.2. The maximum atomic E-state index is 14.8. The highest BCUT2D eigenvalue weighted by Gasteiger charge is 2.73. The smallest absolute Gasteiger partial charge is 0.253 e. The van der Waals surface area contributed by atoms with E-state index in [-0.39, 0.29) is 16.2 Å². The molecule has 7 rings (SSSR count). The number of benzene rings is 2. The van der Waals surface area contributed by atoms with Crippen molar-refractivity contribution in [1.82, 2.24) is 0 Å². The lowest BCUT2D eigenvalue weighted by molar-refractivity contribution is -0.137. The molecule has 2 aromatic rings. The summed E-state index contributed by atoms with van der Waals surface area (Å²) in [7, 11) is -4.21. The van der Waals surface area contributed by atoms with E-state index >= 15 is 0 Å². The van der Waals surface area contributed by atoms with E-state index in [4.69, 9.17) is 0 Å². The average molecular weight is 684 g/mol. The number of hydrogen-bond acceptors (Lipinski definition) is 4. The van der Waals surface area contributed by atoms with E-state index in [1.54, 1.807) is 30.3 Å². The third kappa shape index (κ3) is 4.95. The molecule has 5 aliphatic rings. The van der Waals surface area contributed by atoms with Crippen molar-refractivity contribution in [3.05, 3.63) is 80.5 Å². The fraction of sp³-hybridized carbons (Fsp3) is 0.692. The van der Waals surface area contributed by atoms with Gasteiger partial charge < -0.3 is 0 Å². The minimum atomic E-state index is -4.21. The number of nitrogens with zero attached hydrogens (tertiary/aromatic N) is 7. The van der Waals surface area contributed by atoms with E-state index in [0.717, 1.165) is 36.7 Å². The van der Waals surface area contributed by atoms with E-state index in [9.17, 15) is 19.5 Å². The molecule has 4 fully saturated rings. The van der Waals surface area contributed by atoms with Gasteiger partial charge in [0.25, 0.3) is 10.0 Å². The molecular formula is C39H53N7O2S. The highest BCUT2D eigenvalue weighted by atomic mass is 32.2. The first-order valence-electron chi connectivity index (χ1n) is 18.7. The molecule has 0 bridgehead atoms. The second-order valence-corrected chi connectivity index (χ2v) is 19.0. The number of unbranched alkanes of at least 4 members (excludes halogenated alkanes) is 1. The van der Waals surface area contributed by atoms with Gasteiger partial charge in [0, 0.05) is 9.82 Å². The van der Waals surface area contributed by atoms with E-state index in [2.05, 4.69) is 47.7 Å². The summed E-state index contributed by atoms with van der Waals surface area (Å²) in [5.41, 5.74) is 19.7. The topological polar surface area (TPSA) is 135 Å². The van der Waals surface area contributed by atoms with Crippen molar-refractivity contribution >= 4 is 15.7 Å². The first kappa shape index (κ1) is 34.3. The molecule has 4 saturated carbocycles. The monoisotopic (exact) mass is 683 g/mol. The van der Waals surface area contributed by atoms with Crippen molar-refractivity contribution in [2.24, 2.45) is 56.6 Å². The van der Waals surface area contributed by atoms with Crippen LogP contribution in [0.2, 0.25) is 0 Å². The molecule has 10 heteroatoms. The number of azide groups is 2. The van der Waals surface area contributed by atoms with Gasteiger partial charge in [0.05, 0.1) is 10.6 Å². The van der Waals surface area contributed by atoms with Crippen molar-refractivity contribution in [3.63, 3.8) is 0 Å². The lowest BCUT2D eigenvalue weighted by atomic mass is 9.42. The summed E-state index contributed by atoms with van der Waals surface area (Å²) in [6, 6.07) is 14.1. The van der Waals surface area contributed by atoms with Crippen LogP contribution in [-0.2, 0) is 15.6 Å². The first-order valence-corrected chi connectivity index (χ1v) is 20.2. The van der Waals surface area contributed by atoms with Crippen LogP contribution >= 0.6 is 0 Å². The van der Waals surface area contributed by atoms with Crippen LogP contribution in [0, 0.1) is 53.3 Å². The minimum absolute atomic E-state index is 0.115. The van der Waals surface area contributed by atoms with Gasteiger partial charge in [0.2, 0.25) is 0 Å². The molecule has 0 radical (unpaired) electrons. The Morgan fingerprint density at radius 2 is 1.61 bits per heavy atom. The zero-order valence-corrected chi connectivity index (χ0v) is 30.7. The van der Waals surface area contributed by atoms with E-state index in [1.807, 2.05) is 25.1 Å². The third-order valence-corrected chi connectivity index (χ3v) is 16.4. The molecule has 1 heterocycles. The van der Waals surface area contributed by atoms with Crippen molar-refractivity contribution in [2.75, 3.05) is 4.31 Å². The molecular weight excluding hydrogens is 631 g/mol. The number of para-hydroxylation sites is 1. The number of hydrogen-bond donors (Lipinski definition) is 0.